The maximum Gasteiger partial charge on any atom is 0.252 e. The third-order valence-electron chi connectivity index (χ3n) is 4.65. The molecule has 0 fully saturated rings. The molecule has 4 aromatic rings. The van der Waals surface area contributed by atoms with Gasteiger partial charge in [0.1, 0.15) is 5.82 Å². The number of carbonyl (C=O) groups is 1. The number of nitrogens with zero attached hydrogens (tertiary/aromatic N) is 3. The van der Waals surface area contributed by atoms with Crippen molar-refractivity contribution in [2.45, 2.75) is 13.5 Å². The molecule has 0 bridgehead atoms. The van der Waals surface area contributed by atoms with Crippen molar-refractivity contribution in [2.24, 2.45) is 7.05 Å². The van der Waals surface area contributed by atoms with Crippen molar-refractivity contribution in [3.63, 3.8) is 0 Å². The Balaban J connectivity index is 1.73. The fourth-order valence-electron chi connectivity index (χ4n) is 3.26. The van der Waals surface area contributed by atoms with E-state index in [0.717, 1.165) is 22.2 Å². The summed E-state index contributed by atoms with van der Waals surface area (Å²) in [5.41, 5.74) is 4.39. The lowest BCUT2D eigenvalue weighted by atomic mass is 10.0. The second kappa shape index (κ2) is 7.23. The Morgan fingerprint density at radius 1 is 1.11 bits per heavy atom. The molecular formula is C22H19FN4O. The number of amides is 1. The zero-order valence-corrected chi connectivity index (χ0v) is 15.6. The Kier molecular flexibility index (Phi) is 4.61. The van der Waals surface area contributed by atoms with Gasteiger partial charge in [0.05, 0.1) is 22.3 Å². The lowest BCUT2D eigenvalue weighted by molar-refractivity contribution is 0.0952. The van der Waals surface area contributed by atoms with E-state index in [9.17, 15) is 9.18 Å². The molecule has 0 radical (unpaired) electrons. The molecule has 2 aromatic heterocycles. The van der Waals surface area contributed by atoms with E-state index < -0.39 is 0 Å². The SMILES string of the molecule is Cc1nn(C)c2nc(-c3ccccc3)cc(C(=O)NCc3ccc(F)cc3)c12. The smallest absolute Gasteiger partial charge is 0.252 e. The Morgan fingerprint density at radius 3 is 2.54 bits per heavy atom. The van der Waals surface area contributed by atoms with Crippen molar-refractivity contribution >= 4 is 16.9 Å². The monoisotopic (exact) mass is 374 g/mol. The lowest BCUT2D eigenvalue weighted by Crippen LogP contribution is -2.23. The van der Waals surface area contributed by atoms with Crippen molar-refractivity contribution in [1.82, 2.24) is 20.1 Å². The predicted molar refractivity (Wildman–Crippen MR) is 106 cm³/mol. The number of benzene rings is 2. The van der Waals surface area contributed by atoms with E-state index in [4.69, 9.17) is 4.98 Å². The summed E-state index contributed by atoms with van der Waals surface area (Å²) in [4.78, 5) is 17.7. The minimum Gasteiger partial charge on any atom is -0.348 e. The number of hydrogen-bond acceptors (Lipinski definition) is 3. The molecule has 28 heavy (non-hydrogen) atoms. The molecule has 5 nitrogen and oxygen atoms in total. The zero-order valence-electron chi connectivity index (χ0n) is 15.6. The molecule has 0 unspecified atom stereocenters. The number of hydrogen-bond donors (Lipinski definition) is 1. The first-order valence-corrected chi connectivity index (χ1v) is 8.95. The van der Waals surface area contributed by atoms with Crippen LogP contribution in [0.2, 0.25) is 0 Å². The normalized spacial score (nSPS) is 11.0. The maximum atomic E-state index is 13.1. The topological polar surface area (TPSA) is 59.8 Å². The summed E-state index contributed by atoms with van der Waals surface area (Å²) in [5.74, 6) is -0.519. The number of halogens is 1. The molecule has 0 spiro atoms. The first kappa shape index (κ1) is 17.9. The van der Waals surface area contributed by atoms with Gasteiger partial charge < -0.3 is 5.32 Å². The molecule has 2 heterocycles. The van der Waals surface area contributed by atoms with E-state index in [0.29, 0.717) is 23.4 Å². The number of aromatic nitrogens is 3. The number of aryl methyl sites for hydroxylation is 2. The average molecular weight is 374 g/mol. The van der Waals surface area contributed by atoms with Gasteiger partial charge in [-0.05, 0) is 30.7 Å². The fourth-order valence-corrected chi connectivity index (χ4v) is 3.26. The summed E-state index contributed by atoms with van der Waals surface area (Å²) in [5, 5.41) is 8.08. The van der Waals surface area contributed by atoms with Crippen LogP contribution in [0.1, 0.15) is 21.6 Å². The van der Waals surface area contributed by atoms with Crippen molar-refractivity contribution in [3.8, 4) is 11.3 Å². The second-order valence-electron chi connectivity index (χ2n) is 6.64. The number of nitrogens with one attached hydrogen (secondary N) is 1. The molecular weight excluding hydrogens is 355 g/mol. The van der Waals surface area contributed by atoms with Crippen LogP contribution in [0.25, 0.3) is 22.3 Å². The molecule has 140 valence electrons. The van der Waals surface area contributed by atoms with Crippen LogP contribution in [-0.2, 0) is 13.6 Å². The van der Waals surface area contributed by atoms with Crippen molar-refractivity contribution in [3.05, 3.63) is 83.3 Å². The molecule has 6 heteroatoms. The van der Waals surface area contributed by atoms with E-state index in [1.54, 1.807) is 22.9 Å². The van der Waals surface area contributed by atoms with Crippen LogP contribution in [0.15, 0.2) is 60.7 Å². The van der Waals surface area contributed by atoms with Gasteiger partial charge in [-0.2, -0.15) is 5.10 Å². The number of pyridine rings is 1. The van der Waals surface area contributed by atoms with Crippen molar-refractivity contribution in [1.29, 1.82) is 0 Å². The fraction of sp³-hybridized carbons (Fsp3) is 0.136. The van der Waals surface area contributed by atoms with Gasteiger partial charge in [-0.15, -0.1) is 0 Å². The maximum absolute atomic E-state index is 13.1. The summed E-state index contributed by atoms with van der Waals surface area (Å²) in [7, 11) is 1.82. The molecule has 0 atom stereocenters. The standard InChI is InChI=1S/C22H19FN4O/c1-14-20-18(22(28)24-13-15-8-10-17(23)11-9-15)12-19(16-6-4-3-5-7-16)25-21(20)27(2)26-14/h3-12H,13H2,1-2H3,(H,24,28). The number of fused-ring (bicyclic) bond motifs is 1. The summed E-state index contributed by atoms with van der Waals surface area (Å²) in [6.07, 6.45) is 0. The van der Waals surface area contributed by atoms with Crippen LogP contribution in [0.5, 0.6) is 0 Å². The molecule has 0 saturated carbocycles. The number of carbonyl (C=O) groups excluding carboxylic acids is 1. The molecule has 2 aromatic carbocycles. The Morgan fingerprint density at radius 2 is 1.82 bits per heavy atom. The third kappa shape index (κ3) is 3.36. The highest BCUT2D eigenvalue weighted by atomic mass is 19.1. The van der Waals surface area contributed by atoms with Gasteiger partial charge in [-0.1, -0.05) is 42.5 Å². The highest BCUT2D eigenvalue weighted by Gasteiger charge is 2.19. The molecule has 4 rings (SSSR count). The van der Waals surface area contributed by atoms with E-state index >= 15 is 0 Å². The highest BCUT2D eigenvalue weighted by Crippen LogP contribution is 2.26. The Labute approximate surface area is 161 Å². The Bertz CT molecular complexity index is 1150. The van der Waals surface area contributed by atoms with Gasteiger partial charge in [0.2, 0.25) is 0 Å². The largest absolute Gasteiger partial charge is 0.348 e. The van der Waals surface area contributed by atoms with Crippen molar-refractivity contribution in [2.75, 3.05) is 0 Å². The van der Waals surface area contributed by atoms with E-state index in [1.807, 2.05) is 44.3 Å². The minimum absolute atomic E-state index is 0.218. The lowest BCUT2D eigenvalue weighted by Gasteiger charge is -2.10. The van der Waals surface area contributed by atoms with Crippen LogP contribution in [0.3, 0.4) is 0 Å². The first-order chi connectivity index (χ1) is 13.5. The molecule has 1 N–H and O–H groups in total. The summed E-state index contributed by atoms with van der Waals surface area (Å²) < 4.78 is 14.8. The summed E-state index contributed by atoms with van der Waals surface area (Å²) in [6.45, 7) is 2.17. The molecule has 0 saturated heterocycles. The van der Waals surface area contributed by atoms with Crippen LogP contribution < -0.4 is 5.32 Å². The van der Waals surface area contributed by atoms with Crippen molar-refractivity contribution < 1.29 is 9.18 Å². The van der Waals surface area contributed by atoms with Crippen LogP contribution in [0, 0.1) is 12.7 Å². The van der Waals surface area contributed by atoms with Gasteiger partial charge in [0, 0.05) is 19.2 Å². The van der Waals surface area contributed by atoms with E-state index in [1.165, 1.54) is 12.1 Å². The van der Waals surface area contributed by atoms with E-state index in [-0.39, 0.29) is 11.7 Å². The molecule has 0 aliphatic rings. The van der Waals surface area contributed by atoms with Gasteiger partial charge in [-0.25, -0.2) is 9.37 Å². The van der Waals surface area contributed by atoms with Gasteiger partial charge >= 0.3 is 0 Å². The molecule has 0 aliphatic heterocycles. The van der Waals surface area contributed by atoms with Gasteiger partial charge in [0.25, 0.3) is 5.91 Å². The first-order valence-electron chi connectivity index (χ1n) is 8.95. The van der Waals surface area contributed by atoms with Crippen LogP contribution >= 0.6 is 0 Å². The molecule has 0 aliphatic carbocycles. The average Bonchev–Trinajstić information content (AvgIpc) is 3.01. The van der Waals surface area contributed by atoms with Gasteiger partial charge in [0.15, 0.2) is 5.65 Å². The number of rotatable bonds is 4. The van der Waals surface area contributed by atoms with Crippen LogP contribution in [-0.4, -0.2) is 20.7 Å². The summed E-state index contributed by atoms with van der Waals surface area (Å²) in [6, 6.07) is 17.6. The van der Waals surface area contributed by atoms with E-state index in [2.05, 4.69) is 10.4 Å². The molecule has 1 amide bonds. The second-order valence-corrected chi connectivity index (χ2v) is 6.64. The predicted octanol–water partition coefficient (Wildman–Crippen LogP) is 4.01. The summed E-state index contributed by atoms with van der Waals surface area (Å²) >= 11 is 0. The Hall–Kier alpha value is -3.54. The quantitative estimate of drug-likeness (QED) is 0.587. The highest BCUT2D eigenvalue weighted by molar-refractivity contribution is 6.07. The third-order valence-corrected chi connectivity index (χ3v) is 4.65. The minimum atomic E-state index is -0.301. The van der Waals surface area contributed by atoms with Crippen LogP contribution in [0.4, 0.5) is 4.39 Å². The zero-order chi connectivity index (χ0) is 19.7. The van der Waals surface area contributed by atoms with Gasteiger partial charge in [-0.3, -0.25) is 9.48 Å².